The third-order valence-electron chi connectivity index (χ3n) is 2.45. The monoisotopic (exact) mass is 424 g/mol. The summed E-state index contributed by atoms with van der Waals surface area (Å²) in [5.41, 5.74) is 0. The molecule has 0 spiro atoms. The van der Waals surface area contributed by atoms with E-state index in [0.29, 0.717) is 6.61 Å². The maximum atomic E-state index is 8.88. The molecule has 13 nitrogen and oxygen atoms in total. The van der Waals surface area contributed by atoms with E-state index in [0.717, 1.165) is 18.8 Å². The highest BCUT2D eigenvalue weighted by Crippen LogP contribution is 2.25. The van der Waals surface area contributed by atoms with Crippen molar-refractivity contribution in [2.24, 2.45) is 5.92 Å². The normalized spacial score (nSPS) is 11.7. The topological polar surface area (TPSA) is 161 Å². The highest BCUT2D eigenvalue weighted by atomic mass is 31.2. The second kappa shape index (κ2) is 21.6. The SMILES string of the molecule is CC=COOOOOOOOOCCCCCCCC(C)C.O=P(O)(O)O. The van der Waals surface area contributed by atoms with Crippen LogP contribution in [0.4, 0.5) is 0 Å². The van der Waals surface area contributed by atoms with Gasteiger partial charge in [-0.2, -0.15) is 0 Å². The lowest BCUT2D eigenvalue weighted by molar-refractivity contribution is -0.829. The minimum Gasteiger partial charge on any atom is -0.314 e. The van der Waals surface area contributed by atoms with Crippen LogP contribution in [0.25, 0.3) is 0 Å². The van der Waals surface area contributed by atoms with Gasteiger partial charge in [0.25, 0.3) is 0 Å². The summed E-state index contributed by atoms with van der Waals surface area (Å²) in [6.07, 6.45) is 9.65. The predicted octanol–water partition coefficient (Wildman–Crippen LogP) is 3.06. The average molecular weight is 424 g/mol. The second-order valence-corrected chi connectivity index (χ2v) is 6.35. The summed E-state index contributed by atoms with van der Waals surface area (Å²) in [5.74, 6) is 0.776. The van der Waals surface area contributed by atoms with Gasteiger partial charge in [-0.3, -0.25) is 0 Å². The van der Waals surface area contributed by atoms with Crippen LogP contribution < -0.4 is 0 Å². The van der Waals surface area contributed by atoms with E-state index in [1.807, 2.05) is 0 Å². The average Bonchev–Trinajstić information content (AvgIpc) is 2.56. The first-order valence-corrected chi connectivity index (χ1v) is 9.68. The molecule has 3 N–H and O–H groups in total. The summed E-state index contributed by atoms with van der Waals surface area (Å²) in [5, 5.41) is 27.5. The van der Waals surface area contributed by atoms with Crippen molar-refractivity contribution in [3.8, 4) is 0 Å². The summed E-state index contributed by atoms with van der Waals surface area (Å²) in [4.78, 5) is 30.5. The van der Waals surface area contributed by atoms with Crippen molar-refractivity contribution in [1.82, 2.24) is 0 Å². The summed E-state index contributed by atoms with van der Waals surface area (Å²) >= 11 is 0. The van der Waals surface area contributed by atoms with Crippen LogP contribution in [0.15, 0.2) is 12.3 Å². The van der Waals surface area contributed by atoms with Gasteiger partial charge in [0.05, 0.1) is 6.61 Å². The van der Waals surface area contributed by atoms with Gasteiger partial charge in [0.15, 0.2) is 0 Å². The van der Waals surface area contributed by atoms with Gasteiger partial charge in [0.1, 0.15) is 6.26 Å². The van der Waals surface area contributed by atoms with Crippen LogP contribution in [-0.4, -0.2) is 21.3 Å². The molecule has 0 atom stereocenters. The molecule has 0 aromatic heterocycles. The van der Waals surface area contributed by atoms with Crippen molar-refractivity contribution >= 4 is 7.82 Å². The van der Waals surface area contributed by atoms with Gasteiger partial charge in [-0.05, 0) is 40.5 Å². The third kappa shape index (κ3) is 41.0. The fourth-order valence-electron chi connectivity index (χ4n) is 1.45. The fourth-order valence-corrected chi connectivity index (χ4v) is 1.45. The summed E-state index contributed by atoms with van der Waals surface area (Å²) in [6, 6.07) is 0. The van der Waals surface area contributed by atoms with E-state index in [2.05, 4.69) is 58.9 Å². The van der Waals surface area contributed by atoms with Crippen LogP contribution >= 0.6 is 7.82 Å². The number of hydrogen-bond donors (Lipinski definition) is 3. The maximum absolute atomic E-state index is 8.88. The molecule has 0 bridgehead atoms. The molecule has 0 saturated heterocycles. The van der Waals surface area contributed by atoms with E-state index in [1.165, 1.54) is 31.9 Å². The molecule has 0 aliphatic carbocycles. The Hall–Kier alpha value is -0.670. The van der Waals surface area contributed by atoms with Gasteiger partial charge in [0.2, 0.25) is 0 Å². The molecule has 0 aromatic rings. The third-order valence-corrected chi connectivity index (χ3v) is 2.45. The zero-order chi connectivity index (χ0) is 20.8. The number of rotatable bonds is 17. The van der Waals surface area contributed by atoms with Crippen molar-refractivity contribution in [2.75, 3.05) is 6.61 Å². The molecular formula is C13H29O13P. The summed E-state index contributed by atoms with van der Waals surface area (Å²) in [6.45, 7) is 6.56. The number of unbranched alkanes of at least 4 members (excludes halogenated alkanes) is 4. The molecule has 0 aliphatic rings. The Morgan fingerprint density at radius 2 is 1.30 bits per heavy atom. The Morgan fingerprint density at radius 1 is 0.815 bits per heavy atom. The zero-order valence-corrected chi connectivity index (χ0v) is 16.4. The first-order valence-electron chi connectivity index (χ1n) is 8.11. The largest absolute Gasteiger partial charge is 0.466 e. The molecule has 0 rings (SSSR count). The highest BCUT2D eigenvalue weighted by molar-refractivity contribution is 7.45. The first kappa shape index (κ1) is 28.5. The molecule has 0 heterocycles. The second-order valence-electron chi connectivity index (χ2n) is 5.33. The lowest BCUT2D eigenvalue weighted by Crippen LogP contribution is -2.03. The molecular weight excluding hydrogens is 395 g/mol. The van der Waals surface area contributed by atoms with Crippen LogP contribution in [0.1, 0.15) is 59.3 Å². The summed E-state index contributed by atoms with van der Waals surface area (Å²) in [7, 11) is -4.64. The zero-order valence-electron chi connectivity index (χ0n) is 15.6. The Labute approximate surface area is 157 Å². The van der Waals surface area contributed by atoms with Gasteiger partial charge in [0, 0.05) is 20.2 Å². The van der Waals surface area contributed by atoms with Crippen molar-refractivity contribution in [1.29, 1.82) is 0 Å². The van der Waals surface area contributed by atoms with Crippen LogP contribution in [0, 0.1) is 5.92 Å². The van der Waals surface area contributed by atoms with E-state index in [4.69, 9.17) is 19.2 Å². The quantitative estimate of drug-likeness (QED) is 0.103. The van der Waals surface area contributed by atoms with E-state index in [-0.39, 0.29) is 0 Å². The van der Waals surface area contributed by atoms with Crippen molar-refractivity contribution in [2.45, 2.75) is 59.3 Å². The maximum Gasteiger partial charge on any atom is 0.466 e. The molecule has 0 radical (unpaired) electrons. The van der Waals surface area contributed by atoms with Crippen LogP contribution in [0.2, 0.25) is 0 Å². The Balaban J connectivity index is 0. The van der Waals surface area contributed by atoms with Crippen LogP contribution in [0.3, 0.4) is 0 Å². The Bertz CT molecular complexity index is 352. The predicted molar refractivity (Wildman–Crippen MR) is 86.2 cm³/mol. The minimum absolute atomic E-state index is 0.380. The standard InChI is InChI=1S/C13H26O9.H3O4P/c1-4-11-14-16-18-20-22-21-19-17-15-12-9-7-5-6-8-10-13(2)3;1-5(2,3)4/h4,11,13H,5-10,12H2,1-3H3;(H3,1,2,3,4). The molecule has 0 aromatic carbocycles. The Morgan fingerprint density at radius 3 is 1.85 bits per heavy atom. The number of phosphoric acid groups is 1. The lowest BCUT2D eigenvalue weighted by Gasteiger charge is -2.04. The number of allylic oxidation sites excluding steroid dienone is 1. The molecule has 164 valence electrons. The van der Waals surface area contributed by atoms with Gasteiger partial charge in [-0.15, -0.1) is 0 Å². The van der Waals surface area contributed by atoms with E-state index in [1.54, 1.807) is 13.0 Å². The molecule has 0 saturated carbocycles. The smallest absolute Gasteiger partial charge is 0.314 e. The van der Waals surface area contributed by atoms with Gasteiger partial charge in [-0.25, -0.2) is 9.45 Å². The van der Waals surface area contributed by atoms with E-state index < -0.39 is 7.82 Å². The van der Waals surface area contributed by atoms with Gasteiger partial charge in [-0.1, -0.05) is 46.0 Å². The molecule has 27 heavy (non-hydrogen) atoms. The van der Waals surface area contributed by atoms with Crippen LogP contribution in [-0.2, 0) is 49.6 Å². The molecule has 0 aliphatic heterocycles. The lowest BCUT2D eigenvalue weighted by atomic mass is 10.0. The van der Waals surface area contributed by atoms with Gasteiger partial charge < -0.3 is 19.6 Å². The van der Waals surface area contributed by atoms with Crippen molar-refractivity contribution < 1.29 is 64.3 Å². The van der Waals surface area contributed by atoms with Crippen LogP contribution in [0.5, 0.6) is 0 Å². The Kier molecular flexibility index (Phi) is 22.9. The molecule has 14 heteroatoms. The molecule has 0 fully saturated rings. The van der Waals surface area contributed by atoms with Gasteiger partial charge >= 0.3 is 7.82 Å². The van der Waals surface area contributed by atoms with E-state index >= 15 is 0 Å². The first-order chi connectivity index (χ1) is 12.8. The number of hydrogen-bond acceptors (Lipinski definition) is 10. The molecule has 0 unspecified atom stereocenters. The van der Waals surface area contributed by atoms with E-state index in [9.17, 15) is 0 Å². The minimum atomic E-state index is -4.64. The van der Waals surface area contributed by atoms with Crippen molar-refractivity contribution in [3.63, 3.8) is 0 Å². The van der Waals surface area contributed by atoms with Crippen molar-refractivity contribution in [3.05, 3.63) is 12.3 Å². The highest BCUT2D eigenvalue weighted by Gasteiger charge is 2.00. The molecule has 0 amide bonds. The summed E-state index contributed by atoms with van der Waals surface area (Å²) < 4.78 is 8.88. The fraction of sp³-hybridized carbons (Fsp3) is 0.846.